The summed E-state index contributed by atoms with van der Waals surface area (Å²) in [5.41, 5.74) is 0.533. The number of thiazole rings is 1. The predicted molar refractivity (Wildman–Crippen MR) is 134 cm³/mol. The lowest BCUT2D eigenvalue weighted by Gasteiger charge is -2.14. The summed E-state index contributed by atoms with van der Waals surface area (Å²) < 4.78 is 42.5. The van der Waals surface area contributed by atoms with Crippen LogP contribution in [0.4, 0.5) is 16.0 Å². The van der Waals surface area contributed by atoms with E-state index in [1.165, 1.54) is 23.5 Å². The molecule has 0 saturated carbocycles. The molecular weight excluding hydrogens is 485 g/mol. The van der Waals surface area contributed by atoms with Crippen LogP contribution in [0.1, 0.15) is 39.1 Å². The Morgan fingerprint density at radius 3 is 2.52 bits per heavy atom. The van der Waals surface area contributed by atoms with E-state index in [2.05, 4.69) is 14.7 Å². The first-order chi connectivity index (χ1) is 15.3. The van der Waals surface area contributed by atoms with Gasteiger partial charge in [0.2, 0.25) is 16.0 Å². The van der Waals surface area contributed by atoms with Crippen LogP contribution >= 0.6 is 22.9 Å². The Balaban J connectivity index is 2.24. The van der Waals surface area contributed by atoms with Crippen LogP contribution < -0.4 is 9.62 Å². The molecule has 1 aromatic carbocycles. The van der Waals surface area contributed by atoms with Gasteiger partial charge in [0, 0.05) is 36.3 Å². The Hall–Kier alpha value is -2.30. The third-order valence-corrected chi connectivity index (χ3v) is 7.77. The van der Waals surface area contributed by atoms with Gasteiger partial charge in [0.05, 0.1) is 32.7 Å². The van der Waals surface area contributed by atoms with Crippen LogP contribution in [0.3, 0.4) is 0 Å². The number of anilines is 2. The minimum absolute atomic E-state index is 0.100. The van der Waals surface area contributed by atoms with Crippen molar-refractivity contribution in [2.24, 2.45) is 0 Å². The third kappa shape index (κ3) is 5.80. The second kappa shape index (κ2) is 9.52. The molecule has 0 radical (unpaired) electrons. The van der Waals surface area contributed by atoms with Crippen LogP contribution in [-0.2, 0) is 15.4 Å². The smallest absolute Gasteiger partial charge is 0.232 e. The van der Waals surface area contributed by atoms with E-state index >= 15 is 4.39 Å². The zero-order valence-electron chi connectivity index (χ0n) is 19.4. The lowest BCUT2D eigenvalue weighted by molar-refractivity contribution is 0.585. The normalized spacial score (nSPS) is 12.1. The van der Waals surface area contributed by atoms with Crippen molar-refractivity contribution in [2.45, 2.75) is 39.5 Å². The summed E-state index contributed by atoms with van der Waals surface area (Å²) in [4.78, 5) is 16.0. The topological polar surface area (TPSA) is 88.1 Å². The molecule has 178 valence electrons. The minimum Gasteiger partial charge on any atom is -0.347 e. The highest BCUT2D eigenvalue weighted by Crippen LogP contribution is 2.43. The summed E-state index contributed by atoms with van der Waals surface area (Å²) >= 11 is 7.69. The number of aromatic nitrogens is 3. The summed E-state index contributed by atoms with van der Waals surface area (Å²) in [6, 6.07) is 4.45. The molecule has 2 aromatic heterocycles. The number of rotatable bonds is 7. The monoisotopic (exact) mass is 511 g/mol. The quantitative estimate of drug-likeness (QED) is 0.446. The predicted octanol–water partition coefficient (Wildman–Crippen LogP) is 5.57. The highest BCUT2D eigenvalue weighted by atomic mass is 35.5. The molecule has 0 saturated heterocycles. The van der Waals surface area contributed by atoms with E-state index in [1.54, 1.807) is 24.1 Å². The van der Waals surface area contributed by atoms with Crippen LogP contribution in [0.2, 0.25) is 5.02 Å². The number of nitrogens with one attached hydrogen (secondary N) is 1. The lowest BCUT2D eigenvalue weighted by Crippen LogP contribution is -2.17. The Kier molecular flexibility index (Phi) is 7.30. The van der Waals surface area contributed by atoms with Gasteiger partial charge in [-0.1, -0.05) is 39.3 Å². The molecule has 0 unspecified atom stereocenters. The fourth-order valence-electron chi connectivity index (χ4n) is 3.01. The number of benzene rings is 1. The van der Waals surface area contributed by atoms with Crippen molar-refractivity contribution in [2.75, 3.05) is 29.5 Å². The summed E-state index contributed by atoms with van der Waals surface area (Å²) in [5, 5.41) is 0.971. The molecule has 3 rings (SSSR count). The van der Waals surface area contributed by atoms with Crippen molar-refractivity contribution >= 4 is 44.6 Å². The second-order valence-electron chi connectivity index (χ2n) is 8.82. The van der Waals surface area contributed by atoms with E-state index in [4.69, 9.17) is 16.6 Å². The molecule has 0 amide bonds. The first-order valence-electron chi connectivity index (χ1n) is 10.3. The van der Waals surface area contributed by atoms with E-state index in [-0.39, 0.29) is 27.4 Å². The average molecular weight is 512 g/mol. The van der Waals surface area contributed by atoms with E-state index in [1.807, 2.05) is 34.9 Å². The first kappa shape index (κ1) is 25.3. The molecule has 7 nitrogen and oxygen atoms in total. The molecular formula is C22H27ClFN5O2S2. The maximum Gasteiger partial charge on any atom is 0.232 e. The number of hydrogen-bond acceptors (Lipinski definition) is 7. The Morgan fingerprint density at radius 2 is 1.91 bits per heavy atom. The fraction of sp³-hybridized carbons (Fsp3) is 0.409. The van der Waals surface area contributed by atoms with Gasteiger partial charge in [-0.25, -0.2) is 27.8 Å². The van der Waals surface area contributed by atoms with E-state index in [9.17, 15) is 8.42 Å². The van der Waals surface area contributed by atoms with Crippen LogP contribution in [-0.4, -0.2) is 43.2 Å². The van der Waals surface area contributed by atoms with Crippen LogP contribution in [0.25, 0.3) is 21.8 Å². The van der Waals surface area contributed by atoms with Crippen molar-refractivity contribution in [1.29, 1.82) is 0 Å². The number of hydrogen-bond donors (Lipinski definition) is 1. The second-order valence-corrected chi connectivity index (χ2v) is 12.1. The van der Waals surface area contributed by atoms with Gasteiger partial charge < -0.3 is 4.90 Å². The summed E-state index contributed by atoms with van der Waals surface area (Å²) in [5.74, 6) is -0.365. The summed E-state index contributed by atoms with van der Waals surface area (Å²) in [6.45, 7) is 7.79. The zero-order chi connectivity index (χ0) is 24.6. The Morgan fingerprint density at radius 1 is 1.21 bits per heavy atom. The Labute approximate surface area is 203 Å². The molecule has 0 fully saturated rings. The van der Waals surface area contributed by atoms with Gasteiger partial charge in [0.25, 0.3) is 0 Å². The molecule has 0 aliphatic carbocycles. The highest BCUT2D eigenvalue weighted by Gasteiger charge is 2.27. The van der Waals surface area contributed by atoms with Crippen molar-refractivity contribution in [3.8, 4) is 21.8 Å². The van der Waals surface area contributed by atoms with Gasteiger partial charge in [-0.05, 0) is 24.6 Å². The van der Waals surface area contributed by atoms with Crippen LogP contribution in [0.15, 0.2) is 24.4 Å². The van der Waals surface area contributed by atoms with E-state index in [0.717, 1.165) is 5.01 Å². The SMILES string of the molecule is CCCS(=O)(=O)Nc1cc(Cl)cc(-c2nc(C(C)(C)C)sc2-c2ccnc(N(C)C)n2)c1F. The van der Waals surface area contributed by atoms with Crippen molar-refractivity contribution < 1.29 is 12.8 Å². The number of sulfonamides is 1. The summed E-state index contributed by atoms with van der Waals surface area (Å²) in [7, 11) is -0.0470. The largest absolute Gasteiger partial charge is 0.347 e. The van der Waals surface area contributed by atoms with E-state index < -0.39 is 15.8 Å². The van der Waals surface area contributed by atoms with E-state index in [0.29, 0.717) is 28.6 Å². The average Bonchev–Trinajstić information content (AvgIpc) is 3.16. The molecule has 0 aliphatic rings. The molecule has 11 heteroatoms. The van der Waals surface area contributed by atoms with Crippen LogP contribution in [0, 0.1) is 5.82 Å². The molecule has 33 heavy (non-hydrogen) atoms. The number of halogens is 2. The van der Waals surface area contributed by atoms with Crippen LogP contribution in [0.5, 0.6) is 0 Å². The van der Waals surface area contributed by atoms with Crippen molar-refractivity contribution in [1.82, 2.24) is 15.0 Å². The highest BCUT2D eigenvalue weighted by molar-refractivity contribution is 7.92. The van der Waals surface area contributed by atoms with Gasteiger partial charge in [-0.2, -0.15) is 0 Å². The maximum atomic E-state index is 15.7. The molecule has 0 aliphatic heterocycles. The maximum absolute atomic E-state index is 15.7. The molecule has 0 spiro atoms. The summed E-state index contributed by atoms with van der Waals surface area (Å²) in [6.07, 6.45) is 2.04. The Bertz CT molecular complexity index is 1270. The van der Waals surface area contributed by atoms with Gasteiger partial charge in [0.15, 0.2) is 5.82 Å². The molecule has 0 atom stereocenters. The lowest BCUT2D eigenvalue weighted by atomic mass is 9.98. The molecule has 3 aromatic rings. The minimum atomic E-state index is -3.71. The molecule has 1 N–H and O–H groups in total. The molecule has 0 bridgehead atoms. The first-order valence-corrected chi connectivity index (χ1v) is 13.2. The van der Waals surface area contributed by atoms with Crippen molar-refractivity contribution in [3.05, 3.63) is 40.2 Å². The third-order valence-electron chi connectivity index (χ3n) is 4.58. The van der Waals surface area contributed by atoms with Gasteiger partial charge in [-0.3, -0.25) is 4.72 Å². The van der Waals surface area contributed by atoms with Gasteiger partial charge in [-0.15, -0.1) is 11.3 Å². The number of nitrogens with zero attached hydrogens (tertiary/aromatic N) is 4. The van der Waals surface area contributed by atoms with Crippen molar-refractivity contribution in [3.63, 3.8) is 0 Å². The van der Waals surface area contributed by atoms with Gasteiger partial charge >= 0.3 is 0 Å². The zero-order valence-corrected chi connectivity index (χ0v) is 21.8. The standard InChI is InChI=1S/C22H27ClFN5O2S2/c1-7-10-33(30,31)28-16-12-13(23)11-14(17(16)24)18-19(32-20(27-18)22(2,3)4)15-8-9-25-21(26-15)29(5)6/h8-9,11-12,28H,7,10H2,1-6H3. The fourth-order valence-corrected chi connectivity index (χ4v) is 5.46. The van der Waals surface area contributed by atoms with Gasteiger partial charge in [0.1, 0.15) is 0 Å². The molecule has 2 heterocycles.